The second-order valence-electron chi connectivity index (χ2n) is 5.05. The summed E-state index contributed by atoms with van der Waals surface area (Å²) in [4.78, 5) is 0. The van der Waals surface area contributed by atoms with Crippen LogP contribution in [0.2, 0.25) is 0 Å². The van der Waals surface area contributed by atoms with Crippen molar-refractivity contribution in [1.82, 2.24) is 5.32 Å². The van der Waals surface area contributed by atoms with E-state index in [9.17, 15) is 8.78 Å². The third kappa shape index (κ3) is 4.05. The fraction of sp³-hybridized carbons (Fsp3) is 0.600. The number of hydrogen-bond acceptors (Lipinski definition) is 1. The first-order valence-corrected chi connectivity index (χ1v) is 6.67. The molecule has 1 N–H and O–H groups in total. The van der Waals surface area contributed by atoms with Gasteiger partial charge in [-0.25, -0.2) is 8.78 Å². The third-order valence-electron chi connectivity index (χ3n) is 3.27. The van der Waals surface area contributed by atoms with E-state index in [4.69, 9.17) is 0 Å². The van der Waals surface area contributed by atoms with Crippen molar-refractivity contribution in [2.45, 2.75) is 59.0 Å². The van der Waals surface area contributed by atoms with Crippen molar-refractivity contribution in [2.24, 2.45) is 0 Å². The van der Waals surface area contributed by atoms with Gasteiger partial charge in [0.25, 0.3) is 0 Å². The van der Waals surface area contributed by atoms with Gasteiger partial charge in [0.15, 0.2) is 0 Å². The molecule has 3 heteroatoms. The number of halogens is 2. The predicted octanol–water partition coefficient (Wildman–Crippen LogP) is 4.50. The highest BCUT2D eigenvalue weighted by Gasteiger charge is 2.15. The first-order chi connectivity index (χ1) is 8.45. The molecule has 0 radical (unpaired) electrons. The van der Waals surface area contributed by atoms with E-state index in [1.165, 1.54) is 12.1 Å². The SMILES string of the molecule is CCCCC(C)NC(C)c1cc(F)c(C)cc1F. The molecule has 0 aliphatic rings. The summed E-state index contributed by atoms with van der Waals surface area (Å²) in [5.74, 6) is -0.683. The van der Waals surface area contributed by atoms with E-state index in [-0.39, 0.29) is 17.7 Å². The van der Waals surface area contributed by atoms with Gasteiger partial charge < -0.3 is 5.32 Å². The highest BCUT2D eigenvalue weighted by molar-refractivity contribution is 5.27. The molecule has 0 heterocycles. The van der Waals surface area contributed by atoms with Crippen molar-refractivity contribution >= 4 is 0 Å². The van der Waals surface area contributed by atoms with Crippen molar-refractivity contribution in [3.63, 3.8) is 0 Å². The number of rotatable bonds is 6. The molecule has 1 nitrogen and oxygen atoms in total. The minimum atomic E-state index is -0.346. The van der Waals surface area contributed by atoms with Gasteiger partial charge in [-0.2, -0.15) is 0 Å². The molecule has 18 heavy (non-hydrogen) atoms. The molecule has 0 aromatic heterocycles. The molecule has 0 aliphatic heterocycles. The van der Waals surface area contributed by atoms with E-state index < -0.39 is 0 Å². The molecule has 0 aliphatic carbocycles. The molecule has 0 saturated carbocycles. The zero-order chi connectivity index (χ0) is 13.7. The summed E-state index contributed by atoms with van der Waals surface area (Å²) in [6.45, 7) is 7.67. The summed E-state index contributed by atoms with van der Waals surface area (Å²) in [5.41, 5.74) is 0.754. The van der Waals surface area contributed by atoms with Gasteiger partial charge in [0.05, 0.1) is 0 Å². The third-order valence-corrected chi connectivity index (χ3v) is 3.27. The molecule has 0 saturated heterocycles. The van der Waals surface area contributed by atoms with Crippen molar-refractivity contribution in [3.8, 4) is 0 Å². The molecule has 2 unspecified atom stereocenters. The Morgan fingerprint density at radius 3 is 2.44 bits per heavy atom. The lowest BCUT2D eigenvalue weighted by Crippen LogP contribution is -2.29. The maximum atomic E-state index is 13.8. The Labute approximate surface area is 109 Å². The average molecular weight is 255 g/mol. The Morgan fingerprint density at radius 1 is 1.17 bits per heavy atom. The lowest BCUT2D eigenvalue weighted by Gasteiger charge is -2.21. The second-order valence-corrected chi connectivity index (χ2v) is 5.05. The zero-order valence-electron chi connectivity index (χ0n) is 11.7. The van der Waals surface area contributed by atoms with Gasteiger partial charge in [-0.05, 0) is 44.9 Å². The lowest BCUT2D eigenvalue weighted by atomic mass is 10.0. The quantitative estimate of drug-likeness (QED) is 0.789. The Hall–Kier alpha value is -0.960. The minimum absolute atomic E-state index is 0.174. The van der Waals surface area contributed by atoms with E-state index in [1.54, 1.807) is 6.92 Å². The lowest BCUT2D eigenvalue weighted by molar-refractivity contribution is 0.431. The summed E-state index contributed by atoms with van der Waals surface area (Å²) in [5, 5.41) is 3.31. The first kappa shape index (κ1) is 15.1. The van der Waals surface area contributed by atoms with E-state index in [1.807, 2.05) is 6.92 Å². The van der Waals surface area contributed by atoms with Crippen LogP contribution in [0.4, 0.5) is 8.78 Å². The molecule has 1 aromatic carbocycles. The van der Waals surface area contributed by atoms with Crippen molar-refractivity contribution in [2.75, 3.05) is 0 Å². The van der Waals surface area contributed by atoms with Crippen LogP contribution in [0.3, 0.4) is 0 Å². The summed E-state index contributed by atoms with van der Waals surface area (Å²) < 4.78 is 27.2. The summed E-state index contributed by atoms with van der Waals surface area (Å²) in [7, 11) is 0. The monoisotopic (exact) mass is 255 g/mol. The van der Waals surface area contributed by atoms with Crippen molar-refractivity contribution in [3.05, 3.63) is 34.9 Å². The van der Waals surface area contributed by atoms with Crippen LogP contribution in [0, 0.1) is 18.6 Å². The summed E-state index contributed by atoms with van der Waals surface area (Å²) in [6, 6.07) is 2.70. The van der Waals surface area contributed by atoms with Gasteiger partial charge in [0.1, 0.15) is 11.6 Å². The van der Waals surface area contributed by atoms with E-state index in [0.29, 0.717) is 17.2 Å². The molecule has 0 amide bonds. The Morgan fingerprint density at radius 2 is 1.83 bits per heavy atom. The van der Waals surface area contributed by atoms with Crippen LogP contribution < -0.4 is 5.32 Å². The Bertz CT molecular complexity index is 390. The highest BCUT2D eigenvalue weighted by atomic mass is 19.1. The number of unbranched alkanes of at least 4 members (excludes halogenated alkanes) is 1. The molecule has 0 bridgehead atoms. The van der Waals surface area contributed by atoms with Crippen LogP contribution in [0.1, 0.15) is 57.2 Å². The number of nitrogens with one attached hydrogen (secondary N) is 1. The standard InChI is InChI=1S/C15H23F2N/c1-5-6-7-11(3)18-12(4)13-9-14(16)10(2)8-15(13)17/h8-9,11-12,18H,5-7H2,1-4H3. The van der Waals surface area contributed by atoms with Gasteiger partial charge in [0.2, 0.25) is 0 Å². The molecule has 102 valence electrons. The number of benzene rings is 1. The second kappa shape index (κ2) is 6.83. The van der Waals surface area contributed by atoms with Gasteiger partial charge in [0, 0.05) is 17.6 Å². The van der Waals surface area contributed by atoms with Gasteiger partial charge in [-0.15, -0.1) is 0 Å². The summed E-state index contributed by atoms with van der Waals surface area (Å²) >= 11 is 0. The molecule has 1 aromatic rings. The van der Waals surface area contributed by atoms with Crippen LogP contribution in [0.25, 0.3) is 0 Å². The molecule has 1 rings (SSSR count). The van der Waals surface area contributed by atoms with Crippen LogP contribution >= 0.6 is 0 Å². The Balaban J connectivity index is 2.72. The van der Waals surface area contributed by atoms with E-state index in [2.05, 4.69) is 19.2 Å². The van der Waals surface area contributed by atoms with Crippen LogP contribution in [-0.2, 0) is 0 Å². The van der Waals surface area contributed by atoms with Gasteiger partial charge in [-0.3, -0.25) is 0 Å². The largest absolute Gasteiger partial charge is 0.308 e. The predicted molar refractivity (Wildman–Crippen MR) is 71.6 cm³/mol. The smallest absolute Gasteiger partial charge is 0.128 e. The fourth-order valence-corrected chi connectivity index (χ4v) is 2.10. The van der Waals surface area contributed by atoms with Crippen molar-refractivity contribution in [1.29, 1.82) is 0 Å². The normalized spacial score (nSPS) is 14.6. The topological polar surface area (TPSA) is 12.0 Å². The van der Waals surface area contributed by atoms with Crippen LogP contribution in [0.5, 0.6) is 0 Å². The Kier molecular flexibility index (Phi) is 5.73. The number of hydrogen-bond donors (Lipinski definition) is 1. The first-order valence-electron chi connectivity index (χ1n) is 6.67. The fourth-order valence-electron chi connectivity index (χ4n) is 2.10. The molecular weight excluding hydrogens is 232 g/mol. The molecule has 2 atom stereocenters. The van der Waals surface area contributed by atoms with E-state index in [0.717, 1.165) is 19.3 Å². The zero-order valence-corrected chi connectivity index (χ0v) is 11.7. The van der Waals surface area contributed by atoms with Crippen LogP contribution in [0.15, 0.2) is 12.1 Å². The minimum Gasteiger partial charge on any atom is -0.308 e. The van der Waals surface area contributed by atoms with E-state index >= 15 is 0 Å². The highest BCUT2D eigenvalue weighted by Crippen LogP contribution is 2.21. The number of aryl methyl sites for hydroxylation is 1. The van der Waals surface area contributed by atoms with Gasteiger partial charge in [-0.1, -0.05) is 19.8 Å². The molecular formula is C15H23F2N. The molecule has 0 spiro atoms. The molecule has 0 fully saturated rings. The average Bonchev–Trinajstić information content (AvgIpc) is 2.31. The van der Waals surface area contributed by atoms with Gasteiger partial charge >= 0.3 is 0 Å². The van der Waals surface area contributed by atoms with Crippen LogP contribution in [-0.4, -0.2) is 6.04 Å². The van der Waals surface area contributed by atoms with Crippen molar-refractivity contribution < 1.29 is 8.78 Å². The maximum Gasteiger partial charge on any atom is 0.128 e. The maximum absolute atomic E-state index is 13.8. The summed E-state index contributed by atoms with van der Waals surface area (Å²) in [6.07, 6.45) is 3.34.